The van der Waals surface area contributed by atoms with Crippen LogP contribution in [0.5, 0.6) is 0 Å². The Bertz CT molecular complexity index is 1100. The van der Waals surface area contributed by atoms with Crippen molar-refractivity contribution in [2.24, 2.45) is 18.6 Å². The van der Waals surface area contributed by atoms with Crippen molar-refractivity contribution in [3.63, 3.8) is 0 Å². The van der Waals surface area contributed by atoms with Crippen molar-refractivity contribution >= 4 is 11.4 Å². The molecule has 1 unspecified atom stereocenters. The molecule has 2 aromatic carbocycles. The Morgan fingerprint density at radius 3 is 2.77 bits per heavy atom. The lowest BCUT2D eigenvalue weighted by Crippen LogP contribution is -2.31. The van der Waals surface area contributed by atoms with E-state index in [0.29, 0.717) is 18.7 Å². The van der Waals surface area contributed by atoms with Crippen LogP contribution in [0.3, 0.4) is 0 Å². The first-order valence-corrected chi connectivity index (χ1v) is 10.5. The number of aromatic nitrogens is 2. The highest BCUT2D eigenvalue weighted by Crippen LogP contribution is 2.37. The van der Waals surface area contributed by atoms with Crippen molar-refractivity contribution < 1.29 is 5.11 Å². The van der Waals surface area contributed by atoms with E-state index in [4.69, 9.17) is 11.6 Å². The van der Waals surface area contributed by atoms with Gasteiger partial charge in [-0.05, 0) is 54.7 Å². The van der Waals surface area contributed by atoms with Crippen LogP contribution in [-0.2, 0) is 13.5 Å². The molecule has 2 heterocycles. The van der Waals surface area contributed by atoms with Crippen LogP contribution in [0.25, 0.3) is 16.8 Å². The number of hydrazine groups is 1. The minimum absolute atomic E-state index is 0.0545. The van der Waals surface area contributed by atoms with Gasteiger partial charge in [0.25, 0.3) is 0 Å². The summed E-state index contributed by atoms with van der Waals surface area (Å²) in [5.74, 6) is 6.39. The number of aryl methyl sites for hydroxylation is 1. The van der Waals surface area contributed by atoms with Crippen molar-refractivity contribution in [3.8, 4) is 11.1 Å². The molecule has 1 aliphatic heterocycles. The average Bonchev–Trinajstić information content (AvgIpc) is 3.12. The molecule has 0 bridgehead atoms. The fraction of sp³-hybridized carbons (Fsp3) is 0.292. The maximum Gasteiger partial charge on any atom is 0.0777 e. The number of nitrogens with two attached hydrogens (primary N) is 2. The molecule has 7 heteroatoms. The molecule has 0 fully saturated rings. The molecule has 7 nitrogen and oxygen atoms in total. The van der Waals surface area contributed by atoms with Crippen LogP contribution in [0.1, 0.15) is 36.1 Å². The van der Waals surface area contributed by atoms with Crippen LogP contribution in [0.4, 0.5) is 5.69 Å². The van der Waals surface area contributed by atoms with Gasteiger partial charge in [-0.25, -0.2) is 5.84 Å². The van der Waals surface area contributed by atoms with Crippen molar-refractivity contribution in [2.45, 2.75) is 25.8 Å². The zero-order valence-electron chi connectivity index (χ0n) is 18.0. The van der Waals surface area contributed by atoms with E-state index < -0.39 is 0 Å². The monoisotopic (exact) mass is 418 g/mol. The highest BCUT2D eigenvalue weighted by atomic mass is 16.2. The molecular weight excluding hydrogens is 388 g/mol. The second kappa shape index (κ2) is 8.83. The third-order valence-electron chi connectivity index (χ3n) is 5.71. The predicted molar refractivity (Wildman–Crippen MR) is 125 cm³/mol. The molecule has 162 valence electrons. The topological polar surface area (TPSA) is 105 Å². The number of hydrogen-bond donors (Lipinski definition) is 4. The molecule has 1 aliphatic rings. The first-order valence-electron chi connectivity index (χ1n) is 10.5. The van der Waals surface area contributed by atoms with Crippen LogP contribution in [0.15, 0.2) is 60.6 Å². The van der Waals surface area contributed by atoms with Gasteiger partial charge < -0.3 is 21.2 Å². The largest absolute Gasteiger partial charge is 0.401 e. The molecule has 0 amide bonds. The normalized spacial score (nSPS) is 17.8. The number of rotatable bonds is 5. The summed E-state index contributed by atoms with van der Waals surface area (Å²) in [6, 6.07) is 14.7. The van der Waals surface area contributed by atoms with E-state index in [1.54, 1.807) is 9.69 Å². The van der Waals surface area contributed by atoms with Gasteiger partial charge in [0.05, 0.1) is 17.9 Å². The summed E-state index contributed by atoms with van der Waals surface area (Å²) < 4.78 is 1.81. The Morgan fingerprint density at radius 2 is 2.06 bits per heavy atom. The number of anilines is 1. The standard InChI is InChI=1S/C24H30N6O/c1-16(25)24-21-7-6-18(19-14-27-29(2)15-19)13-22(21)23(8-10-30(24)26)28-20-5-3-4-17(12-20)9-11-31/h3-7,12-15,23,28,31H,8-11,25-26H2,1-2H3/b24-16-. The van der Waals surface area contributed by atoms with E-state index in [1.807, 2.05) is 38.5 Å². The maximum absolute atomic E-state index is 9.29. The summed E-state index contributed by atoms with van der Waals surface area (Å²) in [6.07, 6.45) is 5.34. The summed E-state index contributed by atoms with van der Waals surface area (Å²) in [5.41, 5.74) is 14.3. The van der Waals surface area contributed by atoms with Crippen molar-refractivity contribution in [2.75, 3.05) is 18.5 Å². The average molecular weight is 419 g/mol. The molecule has 0 saturated heterocycles. The number of aliphatic hydroxyl groups excluding tert-OH is 1. The van der Waals surface area contributed by atoms with Crippen molar-refractivity contribution in [1.82, 2.24) is 14.8 Å². The Balaban J connectivity index is 1.78. The molecule has 6 N–H and O–H groups in total. The second-order valence-electron chi connectivity index (χ2n) is 8.09. The number of nitrogens with zero attached hydrogens (tertiary/aromatic N) is 3. The van der Waals surface area contributed by atoms with Crippen LogP contribution in [-0.4, -0.2) is 33.0 Å². The fourth-order valence-electron chi connectivity index (χ4n) is 4.24. The van der Waals surface area contributed by atoms with Gasteiger partial charge in [-0.1, -0.05) is 24.3 Å². The molecule has 0 saturated carbocycles. The van der Waals surface area contributed by atoms with Crippen LogP contribution >= 0.6 is 0 Å². The highest BCUT2D eigenvalue weighted by Gasteiger charge is 2.26. The summed E-state index contributed by atoms with van der Waals surface area (Å²) in [6.45, 7) is 2.70. The SMILES string of the molecule is C/C(N)=C1\c2ccc(-c3cnn(C)c3)cc2C(Nc2cccc(CCO)c2)CCN1N. The molecule has 3 aromatic rings. The van der Waals surface area contributed by atoms with Crippen molar-refractivity contribution in [1.29, 1.82) is 0 Å². The summed E-state index contributed by atoms with van der Waals surface area (Å²) in [7, 11) is 1.92. The Hall–Kier alpha value is -3.29. The fourth-order valence-corrected chi connectivity index (χ4v) is 4.24. The van der Waals surface area contributed by atoms with Gasteiger partial charge in [0.2, 0.25) is 0 Å². The summed E-state index contributed by atoms with van der Waals surface area (Å²) >= 11 is 0. The number of fused-ring (bicyclic) bond motifs is 1. The lowest BCUT2D eigenvalue weighted by Gasteiger charge is -2.22. The van der Waals surface area contributed by atoms with E-state index in [2.05, 4.69) is 40.7 Å². The minimum Gasteiger partial charge on any atom is -0.401 e. The lowest BCUT2D eigenvalue weighted by molar-refractivity contribution is 0.299. The van der Waals surface area contributed by atoms with Gasteiger partial charge in [-0.2, -0.15) is 5.10 Å². The predicted octanol–water partition coefficient (Wildman–Crippen LogP) is 3.00. The quantitative estimate of drug-likeness (QED) is 0.475. The molecule has 0 radical (unpaired) electrons. The second-order valence-corrected chi connectivity index (χ2v) is 8.09. The Labute approximate surface area is 182 Å². The van der Waals surface area contributed by atoms with E-state index in [9.17, 15) is 5.11 Å². The highest BCUT2D eigenvalue weighted by molar-refractivity contribution is 5.75. The van der Waals surface area contributed by atoms with Gasteiger partial charge in [0, 0.05) is 48.9 Å². The van der Waals surface area contributed by atoms with E-state index in [-0.39, 0.29) is 12.6 Å². The van der Waals surface area contributed by atoms with E-state index in [1.165, 1.54) is 0 Å². The molecule has 4 rings (SSSR count). The summed E-state index contributed by atoms with van der Waals surface area (Å²) in [5, 5.41) is 19.0. The van der Waals surface area contributed by atoms with Gasteiger partial charge >= 0.3 is 0 Å². The molecule has 1 atom stereocenters. The first-order chi connectivity index (χ1) is 15.0. The number of benzene rings is 2. The third kappa shape index (κ3) is 4.42. The molecule has 0 aliphatic carbocycles. The number of aliphatic hydroxyl groups is 1. The Morgan fingerprint density at radius 1 is 1.23 bits per heavy atom. The Kier molecular flexibility index (Phi) is 5.97. The van der Waals surface area contributed by atoms with Gasteiger partial charge in [0.1, 0.15) is 0 Å². The third-order valence-corrected chi connectivity index (χ3v) is 5.71. The molecular formula is C24H30N6O. The van der Waals surface area contributed by atoms with Crippen LogP contribution in [0, 0.1) is 0 Å². The molecule has 0 spiro atoms. The smallest absolute Gasteiger partial charge is 0.0777 e. The zero-order valence-corrected chi connectivity index (χ0v) is 18.0. The van der Waals surface area contributed by atoms with Gasteiger partial charge in [-0.3, -0.25) is 4.68 Å². The van der Waals surface area contributed by atoms with Crippen LogP contribution < -0.4 is 16.9 Å². The maximum atomic E-state index is 9.29. The first kappa shape index (κ1) is 21.0. The molecule has 31 heavy (non-hydrogen) atoms. The van der Waals surface area contributed by atoms with E-state index >= 15 is 0 Å². The molecule has 1 aromatic heterocycles. The van der Waals surface area contributed by atoms with Gasteiger partial charge in [0.15, 0.2) is 0 Å². The van der Waals surface area contributed by atoms with E-state index in [0.717, 1.165) is 45.6 Å². The van der Waals surface area contributed by atoms with Gasteiger partial charge in [-0.15, -0.1) is 0 Å². The summed E-state index contributed by atoms with van der Waals surface area (Å²) in [4.78, 5) is 0. The van der Waals surface area contributed by atoms with Crippen LogP contribution in [0.2, 0.25) is 0 Å². The minimum atomic E-state index is 0.0545. The van der Waals surface area contributed by atoms with Crippen molar-refractivity contribution in [3.05, 3.63) is 77.2 Å². The number of nitrogens with one attached hydrogen (secondary N) is 1. The number of hydrogen-bond acceptors (Lipinski definition) is 6. The lowest BCUT2D eigenvalue weighted by atomic mass is 9.93. The number of allylic oxidation sites excluding steroid dienone is 1. The zero-order chi connectivity index (χ0) is 22.0.